The molecular weight excluding hydrogens is 362 g/mol. The van der Waals surface area contributed by atoms with E-state index in [2.05, 4.69) is 38.8 Å². The maximum absolute atomic E-state index is 12.4. The van der Waals surface area contributed by atoms with E-state index < -0.39 is 0 Å². The van der Waals surface area contributed by atoms with Crippen LogP contribution in [0.25, 0.3) is 0 Å². The Labute approximate surface area is 125 Å². The lowest BCUT2D eigenvalue weighted by Gasteiger charge is -2.22. The average molecular weight is 379 g/mol. The lowest BCUT2D eigenvalue weighted by Crippen LogP contribution is -2.33. The molecule has 0 radical (unpaired) electrons. The Morgan fingerprint density at radius 2 is 2.11 bits per heavy atom. The van der Waals surface area contributed by atoms with Crippen LogP contribution in [0.4, 0.5) is 0 Å². The number of carbonyl (C=O) groups is 1. The number of carbonyl (C=O) groups excluding carboxylic acids is 1. The largest absolute Gasteiger partial charge is 0.496 e. The molecule has 0 aromatic heterocycles. The summed E-state index contributed by atoms with van der Waals surface area (Å²) in [6, 6.07) is 5.46. The van der Waals surface area contributed by atoms with Crippen LogP contribution in [0.1, 0.15) is 23.7 Å². The fraction of sp³-hybridized carbons (Fsp3) is 0.462. The zero-order chi connectivity index (χ0) is 13.5. The topological polar surface area (TPSA) is 29.5 Å². The van der Waals surface area contributed by atoms with Gasteiger partial charge in [0, 0.05) is 22.9 Å². The first-order chi connectivity index (χ1) is 8.63. The minimum atomic E-state index is 0.0145. The van der Waals surface area contributed by atoms with E-state index in [4.69, 9.17) is 4.74 Å². The van der Waals surface area contributed by atoms with Gasteiger partial charge in [0.15, 0.2) is 0 Å². The molecule has 0 heterocycles. The first-order valence-electron chi connectivity index (χ1n) is 5.82. The first-order valence-corrected chi connectivity index (χ1v) is 7.74. The number of benzene rings is 1. The number of hydrogen-bond acceptors (Lipinski definition) is 2. The van der Waals surface area contributed by atoms with Gasteiger partial charge in [-0.25, -0.2) is 0 Å². The molecule has 1 amide bonds. The van der Waals surface area contributed by atoms with E-state index in [1.807, 2.05) is 17.0 Å². The van der Waals surface area contributed by atoms with E-state index in [-0.39, 0.29) is 5.91 Å². The monoisotopic (exact) mass is 377 g/mol. The summed E-state index contributed by atoms with van der Waals surface area (Å²) in [5, 5.41) is 0.775. The Kier molecular flexibility index (Phi) is 6.71. The number of ether oxygens (including phenoxy) is 1. The predicted octanol–water partition coefficient (Wildman–Crippen LogP) is 3.70. The minimum absolute atomic E-state index is 0.0145. The highest BCUT2D eigenvalue weighted by Gasteiger charge is 2.18. The summed E-state index contributed by atoms with van der Waals surface area (Å²) in [7, 11) is 1.58. The van der Waals surface area contributed by atoms with Crippen molar-refractivity contribution >= 4 is 37.8 Å². The molecule has 0 aliphatic carbocycles. The lowest BCUT2D eigenvalue weighted by molar-refractivity contribution is 0.0763. The van der Waals surface area contributed by atoms with Gasteiger partial charge in [0.1, 0.15) is 5.75 Å². The van der Waals surface area contributed by atoms with Crippen LogP contribution < -0.4 is 4.74 Å². The van der Waals surface area contributed by atoms with Gasteiger partial charge in [-0.2, -0.15) is 0 Å². The van der Waals surface area contributed by atoms with E-state index in [1.165, 1.54) is 0 Å². The van der Waals surface area contributed by atoms with Crippen LogP contribution in [0.2, 0.25) is 0 Å². The standard InChI is InChI=1S/C13H17Br2NO2/c1-3-7-16(8-6-14)13(17)11-5-4-10(15)9-12(11)18-2/h4-5,9H,3,6-8H2,1-2H3. The van der Waals surface area contributed by atoms with Crippen LogP contribution in [-0.2, 0) is 0 Å². The molecular formula is C13H17Br2NO2. The molecule has 0 saturated heterocycles. The van der Waals surface area contributed by atoms with E-state index in [1.54, 1.807) is 13.2 Å². The molecule has 0 bridgehead atoms. The predicted molar refractivity (Wildman–Crippen MR) is 80.7 cm³/mol. The SMILES string of the molecule is CCCN(CCBr)C(=O)c1ccc(Br)cc1OC. The van der Waals surface area contributed by atoms with Gasteiger partial charge < -0.3 is 9.64 Å². The van der Waals surface area contributed by atoms with Gasteiger partial charge in [0.25, 0.3) is 5.91 Å². The lowest BCUT2D eigenvalue weighted by atomic mass is 10.1. The number of amides is 1. The minimum Gasteiger partial charge on any atom is -0.496 e. The van der Waals surface area contributed by atoms with Gasteiger partial charge >= 0.3 is 0 Å². The first kappa shape index (κ1) is 15.5. The van der Waals surface area contributed by atoms with Gasteiger partial charge in [0.2, 0.25) is 0 Å². The van der Waals surface area contributed by atoms with Crippen LogP contribution in [0.5, 0.6) is 5.75 Å². The summed E-state index contributed by atoms with van der Waals surface area (Å²) in [6.45, 7) is 3.52. The second-order valence-electron chi connectivity index (χ2n) is 3.83. The molecule has 0 aliphatic rings. The van der Waals surface area contributed by atoms with Gasteiger partial charge in [-0.1, -0.05) is 38.8 Å². The Morgan fingerprint density at radius 3 is 2.67 bits per heavy atom. The maximum atomic E-state index is 12.4. The van der Waals surface area contributed by atoms with Crippen molar-refractivity contribution < 1.29 is 9.53 Å². The van der Waals surface area contributed by atoms with Crippen molar-refractivity contribution in [2.24, 2.45) is 0 Å². The van der Waals surface area contributed by atoms with E-state index >= 15 is 0 Å². The van der Waals surface area contributed by atoms with Crippen molar-refractivity contribution in [1.82, 2.24) is 4.90 Å². The number of alkyl halides is 1. The molecule has 0 atom stereocenters. The number of methoxy groups -OCH3 is 1. The zero-order valence-corrected chi connectivity index (χ0v) is 13.8. The summed E-state index contributed by atoms with van der Waals surface area (Å²) in [6.07, 6.45) is 0.942. The van der Waals surface area contributed by atoms with Gasteiger partial charge in [-0.05, 0) is 24.6 Å². The number of rotatable bonds is 6. The van der Waals surface area contributed by atoms with Gasteiger partial charge in [0.05, 0.1) is 12.7 Å². The summed E-state index contributed by atoms with van der Waals surface area (Å²) >= 11 is 6.75. The second kappa shape index (κ2) is 7.79. The molecule has 0 unspecified atom stereocenters. The molecule has 100 valence electrons. The molecule has 0 N–H and O–H groups in total. The molecule has 1 aromatic carbocycles. The van der Waals surface area contributed by atoms with E-state index in [9.17, 15) is 4.79 Å². The molecule has 3 nitrogen and oxygen atoms in total. The third kappa shape index (κ3) is 3.99. The smallest absolute Gasteiger partial charge is 0.257 e. The van der Waals surface area contributed by atoms with Crippen LogP contribution in [0.3, 0.4) is 0 Å². The normalized spacial score (nSPS) is 10.2. The number of halogens is 2. The van der Waals surface area contributed by atoms with Crippen molar-refractivity contribution in [3.05, 3.63) is 28.2 Å². The van der Waals surface area contributed by atoms with Gasteiger partial charge in [-0.3, -0.25) is 4.79 Å². The molecule has 1 aromatic rings. The highest BCUT2D eigenvalue weighted by atomic mass is 79.9. The van der Waals surface area contributed by atoms with Gasteiger partial charge in [-0.15, -0.1) is 0 Å². The Morgan fingerprint density at radius 1 is 1.39 bits per heavy atom. The molecule has 5 heteroatoms. The quantitative estimate of drug-likeness (QED) is 0.706. The van der Waals surface area contributed by atoms with Crippen molar-refractivity contribution in [3.8, 4) is 5.75 Å². The van der Waals surface area contributed by atoms with Crippen LogP contribution in [-0.4, -0.2) is 36.3 Å². The Bertz CT molecular complexity index is 404. The summed E-state index contributed by atoms with van der Waals surface area (Å²) in [4.78, 5) is 14.3. The van der Waals surface area contributed by atoms with Crippen LogP contribution in [0.15, 0.2) is 22.7 Å². The maximum Gasteiger partial charge on any atom is 0.257 e. The highest BCUT2D eigenvalue weighted by molar-refractivity contribution is 9.10. The molecule has 18 heavy (non-hydrogen) atoms. The summed E-state index contributed by atoms with van der Waals surface area (Å²) < 4.78 is 6.17. The summed E-state index contributed by atoms with van der Waals surface area (Å²) in [5.41, 5.74) is 0.607. The van der Waals surface area contributed by atoms with Crippen molar-refractivity contribution in [2.45, 2.75) is 13.3 Å². The third-order valence-corrected chi connectivity index (χ3v) is 3.38. The van der Waals surface area contributed by atoms with Crippen LogP contribution >= 0.6 is 31.9 Å². The van der Waals surface area contributed by atoms with Crippen LogP contribution in [0, 0.1) is 0 Å². The zero-order valence-electron chi connectivity index (χ0n) is 10.6. The average Bonchev–Trinajstić information content (AvgIpc) is 2.37. The van der Waals surface area contributed by atoms with Crippen molar-refractivity contribution in [3.63, 3.8) is 0 Å². The fourth-order valence-electron chi connectivity index (χ4n) is 1.70. The highest BCUT2D eigenvalue weighted by Crippen LogP contribution is 2.24. The fourth-order valence-corrected chi connectivity index (χ4v) is 2.47. The Hall–Kier alpha value is -0.550. The van der Waals surface area contributed by atoms with Crippen molar-refractivity contribution in [2.75, 3.05) is 25.5 Å². The van der Waals surface area contributed by atoms with Crippen molar-refractivity contribution in [1.29, 1.82) is 0 Å². The summed E-state index contributed by atoms with van der Waals surface area (Å²) in [5.74, 6) is 0.616. The second-order valence-corrected chi connectivity index (χ2v) is 5.53. The molecule has 0 spiro atoms. The molecule has 0 aliphatic heterocycles. The number of nitrogens with zero attached hydrogens (tertiary/aromatic N) is 1. The number of hydrogen-bond donors (Lipinski definition) is 0. The molecule has 1 rings (SSSR count). The molecule has 0 fully saturated rings. The molecule has 0 saturated carbocycles. The third-order valence-electron chi connectivity index (χ3n) is 2.53. The van der Waals surface area contributed by atoms with E-state index in [0.717, 1.165) is 22.8 Å². The Balaban J connectivity index is 3.00. The van der Waals surface area contributed by atoms with E-state index in [0.29, 0.717) is 17.9 Å².